The second kappa shape index (κ2) is 3.49. The molecule has 1 aliphatic heterocycles. The molecule has 2 aliphatic rings. The van der Waals surface area contributed by atoms with Crippen molar-refractivity contribution in [3.63, 3.8) is 0 Å². The van der Waals surface area contributed by atoms with E-state index in [2.05, 4.69) is 0 Å². The number of carboxylic acid groups (broad SMARTS) is 1. The van der Waals surface area contributed by atoms with Crippen LogP contribution in [0.3, 0.4) is 0 Å². The molecule has 1 saturated heterocycles. The van der Waals surface area contributed by atoms with Gasteiger partial charge in [0.15, 0.2) is 0 Å². The summed E-state index contributed by atoms with van der Waals surface area (Å²) in [5, 5.41) is 8.58. The Balaban J connectivity index is 2.20. The molecule has 0 radical (unpaired) electrons. The van der Waals surface area contributed by atoms with Crippen molar-refractivity contribution < 1.29 is 19.5 Å². The third kappa shape index (κ3) is 1.54. The van der Waals surface area contributed by atoms with E-state index < -0.39 is 12.5 Å². The predicted octanol–water partition coefficient (Wildman–Crippen LogP) is 0.0222. The number of imide groups is 1. The van der Waals surface area contributed by atoms with Crippen molar-refractivity contribution in [3.05, 3.63) is 12.2 Å². The average molecular weight is 209 g/mol. The summed E-state index contributed by atoms with van der Waals surface area (Å²) in [4.78, 5) is 34.7. The number of hydrogen-bond acceptors (Lipinski definition) is 3. The SMILES string of the molecule is O=C(O)CN1C(=O)[C@@H]2CC=CC[C@H]2C1=O. The lowest BCUT2D eigenvalue weighted by molar-refractivity contribution is -0.149. The van der Waals surface area contributed by atoms with Crippen LogP contribution in [-0.2, 0) is 14.4 Å². The van der Waals surface area contributed by atoms with Crippen LogP contribution < -0.4 is 0 Å². The summed E-state index contributed by atoms with van der Waals surface area (Å²) in [5.74, 6) is -2.49. The molecule has 0 aromatic heterocycles. The van der Waals surface area contributed by atoms with E-state index in [0.29, 0.717) is 12.8 Å². The Morgan fingerprint density at radius 1 is 1.27 bits per heavy atom. The summed E-state index contributed by atoms with van der Waals surface area (Å²) >= 11 is 0. The third-order valence-electron chi connectivity index (χ3n) is 2.89. The Kier molecular flexibility index (Phi) is 2.30. The third-order valence-corrected chi connectivity index (χ3v) is 2.89. The number of allylic oxidation sites excluding steroid dienone is 2. The monoisotopic (exact) mass is 209 g/mol. The molecule has 2 amide bonds. The highest BCUT2D eigenvalue weighted by molar-refractivity contribution is 6.07. The van der Waals surface area contributed by atoms with Crippen LogP contribution in [0.2, 0.25) is 0 Å². The Morgan fingerprint density at radius 3 is 2.13 bits per heavy atom. The maximum Gasteiger partial charge on any atom is 0.323 e. The molecule has 1 heterocycles. The van der Waals surface area contributed by atoms with E-state index in [0.717, 1.165) is 4.90 Å². The van der Waals surface area contributed by atoms with Crippen molar-refractivity contribution in [1.82, 2.24) is 4.90 Å². The Hall–Kier alpha value is -1.65. The van der Waals surface area contributed by atoms with Gasteiger partial charge < -0.3 is 5.11 Å². The van der Waals surface area contributed by atoms with Gasteiger partial charge in [0.1, 0.15) is 6.54 Å². The standard InChI is InChI=1S/C10H11NO4/c12-8(13)5-11-9(14)6-3-1-2-4-7(6)10(11)15/h1-2,6-7H,3-5H2,(H,12,13)/t6-,7-/m1/s1. The van der Waals surface area contributed by atoms with Gasteiger partial charge in [-0.3, -0.25) is 19.3 Å². The molecule has 0 aromatic rings. The number of hydrogen-bond donors (Lipinski definition) is 1. The molecule has 0 aromatic carbocycles. The number of aliphatic carboxylic acids is 1. The first kappa shape index (κ1) is 9.89. The van der Waals surface area contributed by atoms with E-state index in [1.165, 1.54) is 0 Å². The molecule has 2 rings (SSSR count). The quantitative estimate of drug-likeness (QED) is 0.514. The lowest BCUT2D eigenvalue weighted by Crippen LogP contribution is -2.35. The van der Waals surface area contributed by atoms with Crippen LogP contribution in [0.25, 0.3) is 0 Å². The molecule has 0 bridgehead atoms. The van der Waals surface area contributed by atoms with Crippen molar-refractivity contribution >= 4 is 17.8 Å². The van der Waals surface area contributed by atoms with E-state index >= 15 is 0 Å². The smallest absolute Gasteiger partial charge is 0.323 e. The van der Waals surface area contributed by atoms with E-state index in [4.69, 9.17) is 5.11 Å². The number of likely N-dealkylation sites (tertiary alicyclic amines) is 1. The maximum absolute atomic E-state index is 11.7. The minimum Gasteiger partial charge on any atom is -0.480 e. The van der Waals surface area contributed by atoms with Crippen molar-refractivity contribution in [3.8, 4) is 0 Å². The van der Waals surface area contributed by atoms with Crippen LogP contribution in [0.4, 0.5) is 0 Å². The van der Waals surface area contributed by atoms with E-state index in [1.54, 1.807) is 0 Å². The number of nitrogens with zero attached hydrogens (tertiary/aromatic N) is 1. The van der Waals surface area contributed by atoms with Crippen LogP contribution in [0, 0.1) is 11.8 Å². The summed E-state index contributed by atoms with van der Waals surface area (Å²) in [7, 11) is 0. The minimum atomic E-state index is -1.15. The molecule has 5 nitrogen and oxygen atoms in total. The second-order valence-corrected chi connectivity index (χ2v) is 3.81. The van der Waals surface area contributed by atoms with E-state index in [9.17, 15) is 14.4 Å². The molecule has 5 heteroatoms. The van der Waals surface area contributed by atoms with E-state index in [-0.39, 0.29) is 23.7 Å². The number of carbonyl (C=O) groups is 3. The van der Waals surface area contributed by atoms with Crippen molar-refractivity contribution in [2.75, 3.05) is 6.54 Å². The molecule has 0 unspecified atom stereocenters. The second-order valence-electron chi connectivity index (χ2n) is 3.81. The van der Waals surface area contributed by atoms with Gasteiger partial charge in [0, 0.05) is 0 Å². The van der Waals surface area contributed by atoms with Gasteiger partial charge in [-0.1, -0.05) is 12.2 Å². The van der Waals surface area contributed by atoms with Crippen molar-refractivity contribution in [1.29, 1.82) is 0 Å². The molecule has 2 atom stereocenters. The van der Waals surface area contributed by atoms with Crippen LogP contribution in [0.15, 0.2) is 12.2 Å². The topological polar surface area (TPSA) is 74.7 Å². The molecule has 0 spiro atoms. The zero-order valence-electron chi connectivity index (χ0n) is 8.05. The lowest BCUT2D eigenvalue weighted by atomic mass is 9.85. The number of carbonyl (C=O) groups excluding carboxylic acids is 2. The Labute approximate surface area is 86.4 Å². The summed E-state index contributed by atoms with van der Waals surface area (Å²) in [5.41, 5.74) is 0. The maximum atomic E-state index is 11.7. The fourth-order valence-corrected chi connectivity index (χ4v) is 2.16. The normalized spacial score (nSPS) is 29.5. The van der Waals surface area contributed by atoms with E-state index in [1.807, 2.05) is 12.2 Å². The number of rotatable bonds is 2. The van der Waals surface area contributed by atoms with Gasteiger partial charge in [-0.2, -0.15) is 0 Å². The first-order valence-electron chi connectivity index (χ1n) is 4.83. The predicted molar refractivity (Wildman–Crippen MR) is 49.7 cm³/mol. The van der Waals surface area contributed by atoms with Gasteiger partial charge in [-0.15, -0.1) is 0 Å². The molecule has 0 saturated carbocycles. The first-order chi connectivity index (χ1) is 7.11. The Bertz CT molecular complexity index is 334. The number of carboxylic acids is 1. The Morgan fingerprint density at radius 2 is 1.73 bits per heavy atom. The van der Waals surface area contributed by atoms with Crippen LogP contribution in [0.1, 0.15) is 12.8 Å². The first-order valence-corrected chi connectivity index (χ1v) is 4.83. The summed E-state index contributed by atoms with van der Waals surface area (Å²) < 4.78 is 0. The van der Waals surface area contributed by atoms with Gasteiger partial charge in [0.05, 0.1) is 11.8 Å². The average Bonchev–Trinajstić information content (AvgIpc) is 2.44. The fourth-order valence-electron chi connectivity index (χ4n) is 2.16. The minimum absolute atomic E-state index is 0.332. The van der Waals surface area contributed by atoms with Gasteiger partial charge in [0.25, 0.3) is 0 Å². The van der Waals surface area contributed by atoms with Crippen molar-refractivity contribution in [2.24, 2.45) is 11.8 Å². The molecule has 15 heavy (non-hydrogen) atoms. The van der Waals surface area contributed by atoms with Gasteiger partial charge >= 0.3 is 5.97 Å². The summed E-state index contributed by atoms with van der Waals surface area (Å²) in [6, 6.07) is 0. The van der Waals surface area contributed by atoms with Gasteiger partial charge in [-0.25, -0.2) is 0 Å². The number of amides is 2. The molecule has 1 aliphatic carbocycles. The van der Waals surface area contributed by atoms with Crippen LogP contribution >= 0.6 is 0 Å². The highest BCUT2D eigenvalue weighted by atomic mass is 16.4. The molecular weight excluding hydrogens is 198 g/mol. The highest BCUT2D eigenvalue weighted by Crippen LogP contribution is 2.34. The zero-order chi connectivity index (χ0) is 11.0. The summed E-state index contributed by atoms with van der Waals surface area (Å²) in [6.45, 7) is -0.509. The van der Waals surface area contributed by atoms with Gasteiger partial charge in [-0.05, 0) is 12.8 Å². The molecule has 80 valence electrons. The van der Waals surface area contributed by atoms with Crippen LogP contribution in [0.5, 0.6) is 0 Å². The highest BCUT2D eigenvalue weighted by Gasteiger charge is 2.47. The van der Waals surface area contributed by atoms with Crippen molar-refractivity contribution in [2.45, 2.75) is 12.8 Å². The molecule has 1 fully saturated rings. The zero-order valence-corrected chi connectivity index (χ0v) is 8.05. The van der Waals surface area contributed by atoms with Crippen LogP contribution in [-0.4, -0.2) is 34.3 Å². The fraction of sp³-hybridized carbons (Fsp3) is 0.500. The van der Waals surface area contributed by atoms with Gasteiger partial charge in [0.2, 0.25) is 11.8 Å². The number of fused-ring (bicyclic) bond motifs is 1. The molecule has 1 N–H and O–H groups in total. The lowest BCUT2D eigenvalue weighted by Gasteiger charge is -2.14. The summed E-state index contributed by atoms with van der Waals surface area (Å²) in [6.07, 6.45) is 4.84. The molecular formula is C10H11NO4. The largest absolute Gasteiger partial charge is 0.480 e.